The topological polar surface area (TPSA) is 139 Å². The molecule has 19 heteroatoms. The number of hydrogen-bond donors (Lipinski definition) is 3. The maximum atomic E-state index is 14.8. The predicted octanol–water partition coefficient (Wildman–Crippen LogP) is 3.84. The first-order valence-corrected chi connectivity index (χ1v) is 13.6. The summed E-state index contributed by atoms with van der Waals surface area (Å²) in [6.07, 6.45) is -7.41. The summed E-state index contributed by atoms with van der Waals surface area (Å²) in [4.78, 5) is 31.5. The van der Waals surface area contributed by atoms with E-state index in [4.69, 9.17) is 0 Å². The molecule has 0 saturated carbocycles. The summed E-state index contributed by atoms with van der Waals surface area (Å²) in [5.74, 6) is -1.32. The van der Waals surface area contributed by atoms with Crippen molar-refractivity contribution in [3.63, 3.8) is 0 Å². The molecule has 2 unspecified atom stereocenters. The largest absolute Gasteiger partial charge is 0.417 e. The Morgan fingerprint density at radius 1 is 1.00 bits per heavy atom. The molecule has 0 aliphatic carbocycles. The van der Waals surface area contributed by atoms with Gasteiger partial charge in [0.1, 0.15) is 11.0 Å². The van der Waals surface area contributed by atoms with E-state index in [1.165, 1.54) is 6.20 Å². The Kier molecular flexibility index (Phi) is 9.75. The molecule has 0 aromatic carbocycles. The summed E-state index contributed by atoms with van der Waals surface area (Å²) in [7, 11) is 0. The molecule has 3 N–H and O–H groups in total. The molecule has 1 aliphatic heterocycles. The van der Waals surface area contributed by atoms with Crippen LogP contribution in [0, 0.1) is 0 Å². The quantitative estimate of drug-likeness (QED) is 0.267. The minimum absolute atomic E-state index is 0.0129. The molecule has 2 atom stereocenters. The maximum absolute atomic E-state index is 14.8. The summed E-state index contributed by atoms with van der Waals surface area (Å²) >= 11 is 1.06. The zero-order chi connectivity index (χ0) is 32.1. The zero-order valence-electron chi connectivity index (χ0n) is 22.7. The Morgan fingerprint density at radius 2 is 1.70 bits per heavy atom. The highest BCUT2D eigenvalue weighted by Crippen LogP contribution is 2.34. The van der Waals surface area contributed by atoms with E-state index in [0.717, 1.165) is 46.9 Å². The number of hydrogen-bond acceptors (Lipinski definition) is 9. The number of amides is 2. The van der Waals surface area contributed by atoms with Crippen molar-refractivity contribution in [2.24, 2.45) is 5.10 Å². The molecule has 0 radical (unpaired) electrons. The number of carbonyl (C=O) groups excluding carboxylic acids is 2. The first kappa shape index (κ1) is 32.6. The van der Waals surface area contributed by atoms with Crippen molar-refractivity contribution in [1.29, 1.82) is 0 Å². The number of carbonyl (C=O) groups is 2. The smallest absolute Gasteiger partial charge is 0.345 e. The predicted molar refractivity (Wildman–Crippen MR) is 142 cm³/mol. The van der Waals surface area contributed by atoms with Crippen molar-refractivity contribution < 1.29 is 40.3 Å². The maximum Gasteiger partial charge on any atom is 0.417 e. The highest BCUT2D eigenvalue weighted by molar-refractivity contribution is 8.17. The minimum Gasteiger partial charge on any atom is -0.345 e. The van der Waals surface area contributed by atoms with Gasteiger partial charge in [0, 0.05) is 12.4 Å². The Morgan fingerprint density at radius 3 is 2.39 bits per heavy atom. The standard InChI is InChI=1S/C25H24F7N9O2S/c1-23(39-38-22(44-23)21(43)36-10-17-3-2-15(9-34-17)25(30,31)32)6-4-16(26)12-41-13-19(37-40-41)20(42)35-11-18-8-14(5-7-33-18)24(27,28)29/h2-3,5,7-9,13,16,39H,4,6,10-12H2,1H3,(H,35,42)(H,36,43). The molecule has 0 fully saturated rings. The van der Waals surface area contributed by atoms with Crippen LogP contribution >= 0.6 is 11.8 Å². The number of rotatable bonds is 11. The van der Waals surface area contributed by atoms with Gasteiger partial charge in [0.15, 0.2) is 10.7 Å². The van der Waals surface area contributed by atoms with Gasteiger partial charge < -0.3 is 10.6 Å². The van der Waals surface area contributed by atoms with Crippen LogP contribution in [0.1, 0.15) is 52.8 Å². The number of halogens is 7. The lowest BCUT2D eigenvalue weighted by Gasteiger charge is -2.23. The van der Waals surface area contributed by atoms with Crippen LogP contribution in [0.4, 0.5) is 30.7 Å². The molecule has 0 bridgehead atoms. The van der Waals surface area contributed by atoms with E-state index in [2.05, 4.69) is 41.4 Å². The van der Waals surface area contributed by atoms with Crippen LogP contribution in [0.2, 0.25) is 0 Å². The number of nitrogens with zero attached hydrogens (tertiary/aromatic N) is 6. The number of hydrazone groups is 1. The minimum atomic E-state index is -4.56. The average molecular weight is 648 g/mol. The second-order valence-corrected chi connectivity index (χ2v) is 11.3. The van der Waals surface area contributed by atoms with Gasteiger partial charge in [-0.2, -0.15) is 31.4 Å². The van der Waals surface area contributed by atoms with E-state index in [-0.39, 0.29) is 54.6 Å². The lowest BCUT2D eigenvalue weighted by atomic mass is 10.1. The highest BCUT2D eigenvalue weighted by atomic mass is 32.2. The molecular formula is C25H24F7N9O2S. The number of thioether (sulfide) groups is 1. The Balaban J connectivity index is 1.19. The third kappa shape index (κ3) is 8.87. The molecule has 44 heavy (non-hydrogen) atoms. The van der Waals surface area contributed by atoms with E-state index in [0.29, 0.717) is 6.20 Å². The zero-order valence-corrected chi connectivity index (χ0v) is 23.5. The molecule has 2 amide bonds. The fraction of sp³-hybridized carbons (Fsp3) is 0.400. The molecular weight excluding hydrogens is 623 g/mol. The van der Waals surface area contributed by atoms with Crippen molar-refractivity contribution in [1.82, 2.24) is 41.0 Å². The van der Waals surface area contributed by atoms with E-state index < -0.39 is 46.3 Å². The van der Waals surface area contributed by atoms with Crippen LogP contribution in [0.3, 0.4) is 0 Å². The molecule has 0 spiro atoms. The van der Waals surface area contributed by atoms with Gasteiger partial charge in [0.25, 0.3) is 11.8 Å². The van der Waals surface area contributed by atoms with Crippen molar-refractivity contribution in [2.45, 2.75) is 62.8 Å². The first-order chi connectivity index (χ1) is 20.6. The number of alkyl halides is 7. The van der Waals surface area contributed by atoms with E-state index in [1.807, 2.05) is 0 Å². The average Bonchev–Trinajstić information content (AvgIpc) is 3.60. The fourth-order valence-corrected chi connectivity index (χ4v) is 4.80. The third-order valence-electron chi connectivity index (χ3n) is 6.16. The summed E-state index contributed by atoms with van der Waals surface area (Å²) in [6.45, 7) is 1.05. The molecule has 11 nitrogen and oxygen atoms in total. The second kappa shape index (κ2) is 13.1. The van der Waals surface area contributed by atoms with Crippen LogP contribution in [0.25, 0.3) is 0 Å². The van der Waals surface area contributed by atoms with Crippen molar-refractivity contribution in [3.05, 3.63) is 71.1 Å². The van der Waals surface area contributed by atoms with Crippen LogP contribution in [-0.4, -0.2) is 52.9 Å². The Hall–Kier alpha value is -4.29. The molecule has 4 heterocycles. The van der Waals surface area contributed by atoms with Gasteiger partial charge >= 0.3 is 12.4 Å². The van der Waals surface area contributed by atoms with Crippen LogP contribution in [-0.2, 0) is 36.8 Å². The van der Waals surface area contributed by atoms with Gasteiger partial charge in [0.2, 0.25) is 0 Å². The third-order valence-corrected chi connectivity index (χ3v) is 7.37. The SMILES string of the molecule is CC1(CCC(F)Cn2cc(C(=O)NCc3cc(C(F)(F)F)ccn3)nn2)NN=C(C(=O)NCc2ccc(C(F)(F)F)cn2)S1. The van der Waals surface area contributed by atoms with Gasteiger partial charge in [-0.05, 0) is 44.0 Å². The number of nitrogens with one attached hydrogen (secondary N) is 3. The highest BCUT2D eigenvalue weighted by Gasteiger charge is 2.36. The van der Waals surface area contributed by atoms with Crippen molar-refractivity contribution in [2.75, 3.05) is 0 Å². The number of pyridine rings is 2. The first-order valence-electron chi connectivity index (χ1n) is 12.8. The van der Waals surface area contributed by atoms with Crippen LogP contribution in [0.15, 0.2) is 48.0 Å². The Bertz CT molecular complexity index is 1510. The van der Waals surface area contributed by atoms with E-state index >= 15 is 0 Å². The normalized spacial score (nSPS) is 17.5. The van der Waals surface area contributed by atoms with Crippen molar-refractivity contribution >= 4 is 28.6 Å². The summed E-state index contributed by atoms with van der Waals surface area (Å²) in [5, 5.41) is 16.3. The van der Waals surface area contributed by atoms with Gasteiger partial charge in [-0.3, -0.25) is 25.0 Å². The van der Waals surface area contributed by atoms with Gasteiger partial charge in [-0.15, -0.1) is 5.10 Å². The van der Waals surface area contributed by atoms with Gasteiger partial charge in [-0.25, -0.2) is 9.07 Å². The van der Waals surface area contributed by atoms with E-state index in [9.17, 15) is 40.3 Å². The Labute approximate surface area is 249 Å². The van der Waals surface area contributed by atoms with Gasteiger partial charge in [-0.1, -0.05) is 17.0 Å². The lowest BCUT2D eigenvalue weighted by molar-refractivity contribution is -0.138. The molecule has 3 aromatic heterocycles. The van der Waals surface area contributed by atoms with Gasteiger partial charge in [0.05, 0.1) is 48.3 Å². The molecule has 0 saturated heterocycles. The molecule has 3 aromatic rings. The summed E-state index contributed by atoms with van der Waals surface area (Å²) < 4.78 is 92.4. The number of aromatic nitrogens is 5. The van der Waals surface area contributed by atoms with E-state index in [1.54, 1.807) is 6.92 Å². The fourth-order valence-electron chi connectivity index (χ4n) is 3.81. The molecule has 1 aliphatic rings. The molecule has 4 rings (SSSR count). The molecule has 236 valence electrons. The van der Waals surface area contributed by atoms with Crippen molar-refractivity contribution in [3.8, 4) is 0 Å². The summed E-state index contributed by atoms with van der Waals surface area (Å²) in [5.41, 5.74) is 1.01. The second-order valence-electron chi connectivity index (χ2n) is 9.76. The lowest BCUT2D eigenvalue weighted by Crippen LogP contribution is -2.33. The summed E-state index contributed by atoms with van der Waals surface area (Å²) in [6, 6.07) is 3.63. The van der Waals surface area contributed by atoms with Crippen LogP contribution < -0.4 is 16.1 Å². The van der Waals surface area contributed by atoms with Crippen LogP contribution in [0.5, 0.6) is 0 Å². The monoisotopic (exact) mass is 647 g/mol.